The van der Waals surface area contributed by atoms with E-state index < -0.39 is 0 Å². The molecule has 128 valence electrons. The van der Waals surface area contributed by atoms with Crippen molar-refractivity contribution in [1.82, 2.24) is 0 Å². The van der Waals surface area contributed by atoms with Gasteiger partial charge in [0.2, 0.25) is 0 Å². The third-order valence-corrected chi connectivity index (χ3v) is 5.61. The zero-order valence-electron chi connectivity index (χ0n) is 14.8. The van der Waals surface area contributed by atoms with E-state index in [-0.39, 0.29) is 5.82 Å². The zero-order valence-corrected chi connectivity index (χ0v) is 14.8. The standard InChI is InChI=1S/C23H29F/c1-2-3-18-6-12-21(13-7-18)22-14-8-19(9-15-22)4-5-20-10-16-23(24)17-11-20/h8-11,14-18,21H,2-7,12-13H2,1H3. The van der Waals surface area contributed by atoms with E-state index in [0.717, 1.165) is 24.7 Å². The molecule has 0 atom stereocenters. The molecule has 0 unspecified atom stereocenters. The number of hydrogen-bond acceptors (Lipinski definition) is 0. The lowest BCUT2D eigenvalue weighted by atomic mass is 9.77. The lowest BCUT2D eigenvalue weighted by Gasteiger charge is -2.28. The van der Waals surface area contributed by atoms with Crippen LogP contribution in [0.1, 0.15) is 68.1 Å². The van der Waals surface area contributed by atoms with E-state index >= 15 is 0 Å². The summed E-state index contributed by atoms with van der Waals surface area (Å²) in [6.07, 6.45) is 10.3. The first-order valence-electron chi connectivity index (χ1n) is 9.58. The van der Waals surface area contributed by atoms with Crippen molar-refractivity contribution in [2.75, 3.05) is 0 Å². The third kappa shape index (κ3) is 4.69. The Morgan fingerprint density at radius 1 is 0.792 bits per heavy atom. The Morgan fingerprint density at radius 3 is 1.88 bits per heavy atom. The SMILES string of the molecule is CCCC1CCC(c2ccc(CCc3ccc(F)cc3)cc2)CC1. The van der Waals surface area contributed by atoms with E-state index in [1.807, 2.05) is 12.1 Å². The van der Waals surface area contributed by atoms with Crippen LogP contribution >= 0.6 is 0 Å². The maximum atomic E-state index is 12.9. The topological polar surface area (TPSA) is 0 Å². The second kappa shape index (κ2) is 8.46. The molecule has 0 N–H and O–H groups in total. The van der Waals surface area contributed by atoms with E-state index in [2.05, 4.69) is 31.2 Å². The van der Waals surface area contributed by atoms with Crippen molar-refractivity contribution >= 4 is 0 Å². The first-order valence-corrected chi connectivity index (χ1v) is 9.58. The summed E-state index contributed by atoms with van der Waals surface area (Å²) >= 11 is 0. The molecule has 1 aliphatic carbocycles. The predicted octanol–water partition coefficient (Wildman–Crippen LogP) is 6.68. The highest BCUT2D eigenvalue weighted by atomic mass is 19.1. The first kappa shape index (κ1) is 17.2. The molecule has 1 heteroatoms. The fourth-order valence-electron chi connectivity index (χ4n) is 4.09. The van der Waals surface area contributed by atoms with Crippen LogP contribution < -0.4 is 0 Å². The molecule has 0 nitrogen and oxygen atoms in total. The van der Waals surface area contributed by atoms with E-state index in [9.17, 15) is 4.39 Å². The highest BCUT2D eigenvalue weighted by Gasteiger charge is 2.21. The zero-order chi connectivity index (χ0) is 16.8. The van der Waals surface area contributed by atoms with E-state index in [1.165, 1.54) is 55.2 Å². The minimum atomic E-state index is -0.156. The molecule has 2 aromatic rings. The Bertz CT molecular complexity index is 603. The Kier molecular flexibility index (Phi) is 6.07. The maximum absolute atomic E-state index is 12.9. The number of benzene rings is 2. The van der Waals surface area contributed by atoms with Crippen molar-refractivity contribution in [2.24, 2.45) is 5.92 Å². The van der Waals surface area contributed by atoms with Crippen LogP contribution in [0.2, 0.25) is 0 Å². The molecule has 0 amide bonds. The molecule has 1 saturated carbocycles. The van der Waals surface area contributed by atoms with Crippen LogP contribution in [0, 0.1) is 11.7 Å². The van der Waals surface area contributed by atoms with Crippen LogP contribution in [0.25, 0.3) is 0 Å². The molecule has 0 saturated heterocycles. The van der Waals surface area contributed by atoms with Gasteiger partial charge in [-0.05, 0) is 79.2 Å². The fraction of sp³-hybridized carbons (Fsp3) is 0.478. The van der Waals surface area contributed by atoms with Crippen molar-refractivity contribution in [1.29, 1.82) is 0 Å². The summed E-state index contributed by atoms with van der Waals surface area (Å²) in [6, 6.07) is 16.1. The monoisotopic (exact) mass is 324 g/mol. The van der Waals surface area contributed by atoms with Gasteiger partial charge in [-0.3, -0.25) is 0 Å². The lowest BCUT2D eigenvalue weighted by molar-refractivity contribution is 0.308. The van der Waals surface area contributed by atoms with Crippen LogP contribution in [0.3, 0.4) is 0 Å². The van der Waals surface area contributed by atoms with E-state index in [4.69, 9.17) is 0 Å². The highest BCUT2D eigenvalue weighted by Crippen LogP contribution is 2.37. The number of halogens is 1. The van der Waals surface area contributed by atoms with Crippen LogP contribution in [-0.4, -0.2) is 0 Å². The summed E-state index contributed by atoms with van der Waals surface area (Å²) in [7, 11) is 0. The molecule has 0 aliphatic heterocycles. The van der Waals surface area contributed by atoms with Crippen LogP contribution in [-0.2, 0) is 12.8 Å². The lowest BCUT2D eigenvalue weighted by Crippen LogP contribution is -2.13. The molecular weight excluding hydrogens is 295 g/mol. The number of rotatable bonds is 6. The van der Waals surface area contributed by atoms with Crippen molar-refractivity contribution in [3.63, 3.8) is 0 Å². The summed E-state index contributed by atoms with van der Waals surface area (Å²) in [6.45, 7) is 2.30. The average molecular weight is 324 g/mol. The summed E-state index contributed by atoms with van der Waals surface area (Å²) in [5, 5.41) is 0. The Balaban J connectivity index is 1.51. The molecule has 0 bridgehead atoms. The summed E-state index contributed by atoms with van der Waals surface area (Å²) in [5.41, 5.74) is 4.10. The Morgan fingerprint density at radius 2 is 1.33 bits per heavy atom. The third-order valence-electron chi connectivity index (χ3n) is 5.61. The Labute approximate surface area is 146 Å². The molecule has 0 aromatic heterocycles. The molecule has 1 aliphatic rings. The number of aryl methyl sites for hydroxylation is 2. The minimum absolute atomic E-state index is 0.156. The molecule has 24 heavy (non-hydrogen) atoms. The minimum Gasteiger partial charge on any atom is -0.207 e. The van der Waals surface area contributed by atoms with E-state index in [1.54, 1.807) is 12.1 Å². The van der Waals surface area contributed by atoms with Crippen molar-refractivity contribution < 1.29 is 4.39 Å². The van der Waals surface area contributed by atoms with Crippen LogP contribution in [0.4, 0.5) is 4.39 Å². The van der Waals surface area contributed by atoms with Gasteiger partial charge < -0.3 is 0 Å². The molecule has 1 fully saturated rings. The van der Waals surface area contributed by atoms with Crippen LogP contribution in [0.5, 0.6) is 0 Å². The van der Waals surface area contributed by atoms with Crippen LogP contribution in [0.15, 0.2) is 48.5 Å². The molecule has 0 spiro atoms. The molecular formula is C23H29F. The summed E-state index contributed by atoms with van der Waals surface area (Å²) in [5.74, 6) is 1.59. The van der Waals surface area contributed by atoms with Crippen molar-refractivity contribution in [3.8, 4) is 0 Å². The Hall–Kier alpha value is -1.63. The van der Waals surface area contributed by atoms with Gasteiger partial charge in [0.05, 0.1) is 0 Å². The van der Waals surface area contributed by atoms with Gasteiger partial charge in [0, 0.05) is 0 Å². The summed E-state index contributed by atoms with van der Waals surface area (Å²) in [4.78, 5) is 0. The van der Waals surface area contributed by atoms with Gasteiger partial charge in [-0.25, -0.2) is 4.39 Å². The smallest absolute Gasteiger partial charge is 0.123 e. The van der Waals surface area contributed by atoms with Gasteiger partial charge in [0.15, 0.2) is 0 Å². The highest BCUT2D eigenvalue weighted by molar-refractivity contribution is 5.27. The largest absolute Gasteiger partial charge is 0.207 e. The van der Waals surface area contributed by atoms with Gasteiger partial charge in [-0.2, -0.15) is 0 Å². The van der Waals surface area contributed by atoms with E-state index in [0.29, 0.717) is 0 Å². The van der Waals surface area contributed by atoms with Crippen molar-refractivity contribution in [2.45, 2.75) is 64.2 Å². The number of hydrogen-bond donors (Lipinski definition) is 0. The second-order valence-electron chi connectivity index (χ2n) is 7.37. The van der Waals surface area contributed by atoms with Gasteiger partial charge in [0.25, 0.3) is 0 Å². The predicted molar refractivity (Wildman–Crippen MR) is 99.9 cm³/mol. The first-order chi connectivity index (χ1) is 11.7. The molecule has 2 aromatic carbocycles. The second-order valence-corrected chi connectivity index (χ2v) is 7.37. The molecule has 0 heterocycles. The summed E-state index contributed by atoms with van der Waals surface area (Å²) < 4.78 is 12.9. The molecule has 0 radical (unpaired) electrons. The van der Waals surface area contributed by atoms with Gasteiger partial charge in [0.1, 0.15) is 5.82 Å². The quantitative estimate of drug-likeness (QED) is 0.555. The van der Waals surface area contributed by atoms with Gasteiger partial charge >= 0.3 is 0 Å². The van der Waals surface area contributed by atoms with Crippen molar-refractivity contribution in [3.05, 3.63) is 71.0 Å². The average Bonchev–Trinajstić information content (AvgIpc) is 2.63. The van der Waals surface area contributed by atoms with Gasteiger partial charge in [-0.15, -0.1) is 0 Å². The fourth-order valence-corrected chi connectivity index (χ4v) is 4.09. The van der Waals surface area contributed by atoms with Gasteiger partial charge in [-0.1, -0.05) is 56.2 Å². The maximum Gasteiger partial charge on any atom is 0.123 e. The molecule has 3 rings (SSSR count). The normalized spacial score (nSPS) is 20.9.